The molecule has 0 aliphatic carbocycles. The third-order valence-corrected chi connectivity index (χ3v) is 5.31. The SMILES string of the molecule is COC(=O)C(CO)NS(=O)(=O)c1ccc(Br)c2ccccc12. The summed E-state index contributed by atoms with van der Waals surface area (Å²) in [6.45, 7) is -0.694. The van der Waals surface area contributed by atoms with E-state index in [9.17, 15) is 13.2 Å². The second-order valence-corrected chi connectivity index (χ2v) is 7.01. The van der Waals surface area contributed by atoms with E-state index < -0.39 is 28.6 Å². The number of hydrogen-bond donors (Lipinski definition) is 2. The molecule has 0 aliphatic heterocycles. The fourth-order valence-electron chi connectivity index (χ4n) is 2.02. The Morgan fingerprint density at radius 3 is 2.50 bits per heavy atom. The minimum atomic E-state index is -4.00. The third kappa shape index (κ3) is 3.30. The Morgan fingerprint density at radius 1 is 1.27 bits per heavy atom. The van der Waals surface area contributed by atoms with Crippen LogP contribution in [0, 0.1) is 0 Å². The van der Waals surface area contributed by atoms with Crippen molar-refractivity contribution in [2.45, 2.75) is 10.9 Å². The fraction of sp³-hybridized carbons (Fsp3) is 0.214. The van der Waals surface area contributed by atoms with Gasteiger partial charge in [-0.3, -0.25) is 4.79 Å². The van der Waals surface area contributed by atoms with Crippen LogP contribution in [0.2, 0.25) is 0 Å². The van der Waals surface area contributed by atoms with Gasteiger partial charge in [0, 0.05) is 9.86 Å². The van der Waals surface area contributed by atoms with Crippen LogP contribution in [0.15, 0.2) is 45.8 Å². The molecular weight excluding hydrogens is 374 g/mol. The maximum Gasteiger partial charge on any atom is 0.326 e. The van der Waals surface area contributed by atoms with E-state index >= 15 is 0 Å². The molecule has 2 aromatic carbocycles. The zero-order valence-corrected chi connectivity index (χ0v) is 14.0. The molecular formula is C14H14BrNO5S. The molecule has 0 aromatic heterocycles. The van der Waals surface area contributed by atoms with Crippen LogP contribution in [-0.2, 0) is 19.6 Å². The zero-order chi connectivity index (χ0) is 16.3. The summed E-state index contributed by atoms with van der Waals surface area (Å²) in [6, 6.07) is 8.66. The Hall–Kier alpha value is -1.48. The second kappa shape index (κ2) is 6.74. The van der Waals surface area contributed by atoms with Crippen LogP contribution in [0.5, 0.6) is 0 Å². The number of esters is 1. The highest BCUT2D eigenvalue weighted by molar-refractivity contribution is 9.10. The molecule has 0 aliphatic rings. The van der Waals surface area contributed by atoms with E-state index in [1.165, 1.54) is 6.07 Å². The predicted molar refractivity (Wildman–Crippen MR) is 84.9 cm³/mol. The molecule has 6 nitrogen and oxygen atoms in total. The van der Waals surface area contributed by atoms with Gasteiger partial charge in [0.2, 0.25) is 10.0 Å². The quantitative estimate of drug-likeness (QED) is 0.756. The Morgan fingerprint density at radius 2 is 1.91 bits per heavy atom. The van der Waals surface area contributed by atoms with Gasteiger partial charge in [-0.2, -0.15) is 4.72 Å². The van der Waals surface area contributed by atoms with Crippen molar-refractivity contribution >= 4 is 42.7 Å². The van der Waals surface area contributed by atoms with Crippen LogP contribution >= 0.6 is 15.9 Å². The molecule has 2 rings (SSSR count). The summed E-state index contributed by atoms with van der Waals surface area (Å²) in [5.41, 5.74) is 0. The first-order valence-corrected chi connectivity index (χ1v) is 8.56. The lowest BCUT2D eigenvalue weighted by molar-refractivity contribution is -0.143. The van der Waals surface area contributed by atoms with Crippen molar-refractivity contribution in [1.29, 1.82) is 0 Å². The van der Waals surface area contributed by atoms with E-state index in [1.807, 2.05) is 0 Å². The first-order chi connectivity index (χ1) is 10.4. The number of carbonyl (C=O) groups excluding carboxylic acids is 1. The highest BCUT2D eigenvalue weighted by Crippen LogP contribution is 2.29. The van der Waals surface area contributed by atoms with Gasteiger partial charge in [0.25, 0.3) is 0 Å². The Balaban J connectivity index is 2.51. The molecule has 22 heavy (non-hydrogen) atoms. The van der Waals surface area contributed by atoms with Crippen molar-refractivity contribution in [3.63, 3.8) is 0 Å². The number of fused-ring (bicyclic) bond motifs is 1. The predicted octanol–water partition coefficient (Wildman–Crippen LogP) is 1.41. The molecule has 1 unspecified atom stereocenters. The number of ether oxygens (including phenoxy) is 1. The highest BCUT2D eigenvalue weighted by Gasteiger charge is 2.27. The maximum absolute atomic E-state index is 12.5. The van der Waals surface area contributed by atoms with Gasteiger partial charge in [-0.1, -0.05) is 40.2 Å². The smallest absolute Gasteiger partial charge is 0.326 e. The van der Waals surface area contributed by atoms with Gasteiger partial charge in [-0.05, 0) is 17.5 Å². The molecule has 1 atom stereocenters. The van der Waals surface area contributed by atoms with Crippen molar-refractivity contribution in [2.24, 2.45) is 0 Å². The number of sulfonamides is 1. The molecule has 2 N–H and O–H groups in total. The van der Waals surface area contributed by atoms with E-state index in [0.717, 1.165) is 17.0 Å². The van der Waals surface area contributed by atoms with Crippen LogP contribution in [0.25, 0.3) is 10.8 Å². The Labute approximate surface area is 136 Å². The third-order valence-electron chi connectivity index (χ3n) is 3.09. The Bertz CT molecular complexity index is 806. The summed E-state index contributed by atoms with van der Waals surface area (Å²) in [6.07, 6.45) is 0. The largest absolute Gasteiger partial charge is 0.468 e. The average Bonchev–Trinajstić information content (AvgIpc) is 2.52. The normalized spacial score (nSPS) is 13.0. The topological polar surface area (TPSA) is 92.7 Å². The van der Waals surface area contributed by atoms with Crippen LogP contribution in [-0.4, -0.2) is 39.3 Å². The number of halogens is 1. The van der Waals surface area contributed by atoms with Gasteiger partial charge in [0.1, 0.15) is 6.04 Å². The number of nitrogens with one attached hydrogen (secondary N) is 1. The summed E-state index contributed by atoms with van der Waals surface area (Å²) in [5, 5.41) is 10.4. The van der Waals surface area contributed by atoms with E-state index in [2.05, 4.69) is 25.4 Å². The molecule has 0 saturated carbocycles. The van der Waals surface area contributed by atoms with Crippen LogP contribution in [0.4, 0.5) is 0 Å². The summed E-state index contributed by atoms with van der Waals surface area (Å²) < 4.78 is 32.4. The molecule has 0 amide bonds. The number of carbonyl (C=O) groups is 1. The molecule has 8 heteroatoms. The number of benzene rings is 2. The van der Waals surface area contributed by atoms with E-state index in [1.54, 1.807) is 30.3 Å². The molecule has 0 heterocycles. The minimum absolute atomic E-state index is 0.0219. The first-order valence-electron chi connectivity index (χ1n) is 6.29. The Kier molecular flexibility index (Phi) is 5.17. The van der Waals surface area contributed by atoms with Crippen molar-refractivity contribution in [1.82, 2.24) is 4.72 Å². The van der Waals surface area contributed by atoms with Crippen LogP contribution in [0.1, 0.15) is 0 Å². The lowest BCUT2D eigenvalue weighted by atomic mass is 10.1. The molecule has 0 radical (unpaired) electrons. The summed E-state index contributed by atoms with van der Waals surface area (Å²) in [5.74, 6) is -0.854. The molecule has 0 saturated heterocycles. The first kappa shape index (κ1) is 16.9. The van der Waals surface area contributed by atoms with Crippen LogP contribution in [0.3, 0.4) is 0 Å². The van der Waals surface area contributed by atoms with E-state index in [0.29, 0.717) is 5.39 Å². The lowest BCUT2D eigenvalue weighted by Crippen LogP contribution is -2.43. The number of aliphatic hydroxyl groups excluding tert-OH is 1. The van der Waals surface area contributed by atoms with Crippen molar-refractivity contribution in [2.75, 3.05) is 13.7 Å². The number of hydrogen-bond acceptors (Lipinski definition) is 5. The van der Waals surface area contributed by atoms with Gasteiger partial charge in [-0.25, -0.2) is 8.42 Å². The van der Waals surface area contributed by atoms with Gasteiger partial charge in [-0.15, -0.1) is 0 Å². The number of aliphatic hydroxyl groups is 1. The lowest BCUT2D eigenvalue weighted by Gasteiger charge is -2.15. The zero-order valence-electron chi connectivity index (χ0n) is 11.6. The van der Waals surface area contributed by atoms with Crippen LogP contribution < -0.4 is 4.72 Å². The van der Waals surface area contributed by atoms with Gasteiger partial charge >= 0.3 is 5.97 Å². The number of rotatable bonds is 5. The van der Waals surface area contributed by atoms with E-state index in [-0.39, 0.29) is 4.90 Å². The molecule has 0 fully saturated rings. The monoisotopic (exact) mass is 387 g/mol. The van der Waals surface area contributed by atoms with Crippen molar-refractivity contribution in [3.8, 4) is 0 Å². The van der Waals surface area contributed by atoms with Gasteiger partial charge < -0.3 is 9.84 Å². The molecule has 2 aromatic rings. The molecule has 0 spiro atoms. The minimum Gasteiger partial charge on any atom is -0.468 e. The van der Waals surface area contributed by atoms with Crippen molar-refractivity contribution < 1.29 is 23.1 Å². The average molecular weight is 388 g/mol. The summed E-state index contributed by atoms with van der Waals surface area (Å²) in [7, 11) is -2.88. The highest BCUT2D eigenvalue weighted by atomic mass is 79.9. The fourth-order valence-corrected chi connectivity index (χ4v) is 3.89. The van der Waals surface area contributed by atoms with E-state index in [4.69, 9.17) is 5.11 Å². The van der Waals surface area contributed by atoms with Crippen molar-refractivity contribution in [3.05, 3.63) is 40.9 Å². The summed E-state index contributed by atoms with van der Waals surface area (Å²) in [4.78, 5) is 11.5. The van der Waals surface area contributed by atoms with Gasteiger partial charge in [0.05, 0.1) is 18.6 Å². The second-order valence-electron chi connectivity index (χ2n) is 4.47. The standard InChI is InChI=1S/C14H14BrNO5S/c1-21-14(18)12(8-17)16-22(19,20)13-7-6-11(15)9-4-2-3-5-10(9)13/h2-7,12,16-17H,8H2,1H3. The molecule has 0 bridgehead atoms. The molecule has 118 valence electrons. The van der Waals surface area contributed by atoms with Gasteiger partial charge in [0.15, 0.2) is 0 Å². The summed E-state index contributed by atoms with van der Waals surface area (Å²) >= 11 is 3.37. The maximum atomic E-state index is 12.5. The number of methoxy groups -OCH3 is 1.